The van der Waals surface area contributed by atoms with Crippen molar-refractivity contribution in [3.8, 4) is 11.5 Å². The van der Waals surface area contributed by atoms with Crippen LogP contribution in [0.4, 0.5) is 0 Å². The van der Waals surface area contributed by atoms with Gasteiger partial charge < -0.3 is 15.2 Å². The second-order valence-corrected chi connectivity index (χ2v) is 5.36. The minimum atomic E-state index is -0.0244. The van der Waals surface area contributed by atoms with Gasteiger partial charge in [-0.2, -0.15) is 0 Å². The second kappa shape index (κ2) is 6.64. The summed E-state index contributed by atoms with van der Waals surface area (Å²) in [4.78, 5) is 0. The summed E-state index contributed by atoms with van der Waals surface area (Å²) in [7, 11) is 3.28. The third-order valence-corrected chi connectivity index (χ3v) is 3.73. The molecule has 0 bridgehead atoms. The van der Waals surface area contributed by atoms with Gasteiger partial charge in [0, 0.05) is 6.04 Å². The molecule has 0 amide bonds. The molecule has 2 N–H and O–H groups in total. The highest BCUT2D eigenvalue weighted by Gasteiger charge is 2.12. The smallest absolute Gasteiger partial charge is 0.160 e. The molecule has 0 aliphatic rings. The number of benzene rings is 2. The molecule has 1 atom stereocenters. The van der Waals surface area contributed by atoms with E-state index in [1.165, 1.54) is 16.7 Å². The lowest BCUT2D eigenvalue weighted by atomic mass is 9.95. The highest BCUT2D eigenvalue weighted by molar-refractivity contribution is 5.43. The second-order valence-electron chi connectivity index (χ2n) is 5.36. The summed E-state index contributed by atoms with van der Waals surface area (Å²) in [6.07, 6.45) is 0.768. The van der Waals surface area contributed by atoms with Crippen molar-refractivity contribution >= 4 is 0 Å². The Labute approximate surface area is 126 Å². The Morgan fingerprint density at radius 2 is 1.67 bits per heavy atom. The molecular formula is C18H23NO2. The standard InChI is InChI=1S/C18H23NO2/c1-12-5-7-15(13(2)9-12)16(19)10-14-6-8-17(20-3)18(11-14)21-4/h5-9,11,16H,10,19H2,1-4H3. The number of hydrogen-bond donors (Lipinski definition) is 1. The van der Waals surface area contributed by atoms with Crippen molar-refractivity contribution in [1.82, 2.24) is 0 Å². The van der Waals surface area contributed by atoms with E-state index in [-0.39, 0.29) is 6.04 Å². The molecule has 0 fully saturated rings. The number of nitrogens with two attached hydrogens (primary N) is 1. The lowest BCUT2D eigenvalue weighted by Gasteiger charge is -2.16. The fourth-order valence-corrected chi connectivity index (χ4v) is 2.61. The van der Waals surface area contributed by atoms with Crippen LogP contribution >= 0.6 is 0 Å². The van der Waals surface area contributed by atoms with Gasteiger partial charge in [-0.3, -0.25) is 0 Å². The van der Waals surface area contributed by atoms with E-state index >= 15 is 0 Å². The molecule has 112 valence electrons. The van der Waals surface area contributed by atoms with E-state index in [2.05, 4.69) is 32.0 Å². The van der Waals surface area contributed by atoms with Gasteiger partial charge in [0.25, 0.3) is 0 Å². The molecule has 2 rings (SSSR count). The monoisotopic (exact) mass is 285 g/mol. The number of hydrogen-bond acceptors (Lipinski definition) is 3. The Morgan fingerprint density at radius 3 is 2.29 bits per heavy atom. The summed E-state index contributed by atoms with van der Waals surface area (Å²) in [5, 5.41) is 0. The summed E-state index contributed by atoms with van der Waals surface area (Å²) < 4.78 is 10.6. The normalized spacial score (nSPS) is 12.0. The maximum atomic E-state index is 6.37. The lowest BCUT2D eigenvalue weighted by molar-refractivity contribution is 0.354. The summed E-state index contributed by atoms with van der Waals surface area (Å²) in [6.45, 7) is 4.20. The molecule has 1 unspecified atom stereocenters. The highest BCUT2D eigenvalue weighted by atomic mass is 16.5. The molecule has 3 nitrogen and oxygen atoms in total. The molecule has 2 aromatic carbocycles. The number of methoxy groups -OCH3 is 2. The maximum Gasteiger partial charge on any atom is 0.160 e. The van der Waals surface area contributed by atoms with Crippen LogP contribution in [0.5, 0.6) is 11.5 Å². The van der Waals surface area contributed by atoms with Crippen molar-refractivity contribution in [2.45, 2.75) is 26.3 Å². The summed E-state index contributed by atoms with van der Waals surface area (Å²) in [6, 6.07) is 12.3. The molecule has 3 heteroatoms. The van der Waals surface area contributed by atoms with Crippen LogP contribution in [0.2, 0.25) is 0 Å². The molecule has 0 aliphatic carbocycles. The zero-order chi connectivity index (χ0) is 15.4. The van der Waals surface area contributed by atoms with Gasteiger partial charge >= 0.3 is 0 Å². The Kier molecular flexibility index (Phi) is 4.86. The van der Waals surface area contributed by atoms with E-state index in [9.17, 15) is 0 Å². The fraction of sp³-hybridized carbons (Fsp3) is 0.333. The Morgan fingerprint density at radius 1 is 0.952 bits per heavy atom. The van der Waals surface area contributed by atoms with Gasteiger partial charge in [0.2, 0.25) is 0 Å². The molecule has 0 saturated heterocycles. The zero-order valence-electron chi connectivity index (χ0n) is 13.1. The van der Waals surface area contributed by atoms with Crippen LogP contribution in [-0.4, -0.2) is 14.2 Å². The van der Waals surface area contributed by atoms with Crippen LogP contribution in [0.15, 0.2) is 36.4 Å². The minimum absolute atomic E-state index is 0.0244. The first-order valence-corrected chi connectivity index (χ1v) is 7.08. The van der Waals surface area contributed by atoms with Crippen LogP contribution in [-0.2, 0) is 6.42 Å². The van der Waals surface area contributed by atoms with Gasteiger partial charge in [-0.05, 0) is 49.1 Å². The Balaban J connectivity index is 2.21. The van der Waals surface area contributed by atoms with Crippen LogP contribution < -0.4 is 15.2 Å². The fourth-order valence-electron chi connectivity index (χ4n) is 2.61. The summed E-state index contributed by atoms with van der Waals surface area (Å²) in [5.74, 6) is 1.48. The SMILES string of the molecule is COc1ccc(CC(N)c2ccc(C)cc2C)cc1OC. The molecule has 0 radical (unpaired) electrons. The molecule has 21 heavy (non-hydrogen) atoms. The third kappa shape index (κ3) is 3.56. The predicted molar refractivity (Wildman–Crippen MR) is 86.1 cm³/mol. The van der Waals surface area contributed by atoms with Crippen molar-refractivity contribution in [2.75, 3.05) is 14.2 Å². The van der Waals surface area contributed by atoms with Gasteiger partial charge in [0.15, 0.2) is 11.5 Å². The van der Waals surface area contributed by atoms with E-state index in [1.54, 1.807) is 14.2 Å². The highest BCUT2D eigenvalue weighted by Crippen LogP contribution is 2.29. The van der Waals surface area contributed by atoms with E-state index in [4.69, 9.17) is 15.2 Å². The van der Waals surface area contributed by atoms with Crippen molar-refractivity contribution in [1.29, 1.82) is 0 Å². The van der Waals surface area contributed by atoms with Crippen molar-refractivity contribution in [2.24, 2.45) is 5.73 Å². The van der Waals surface area contributed by atoms with Crippen LogP contribution in [0.1, 0.15) is 28.3 Å². The Bertz CT molecular complexity index is 623. The Hall–Kier alpha value is -2.00. The summed E-state index contributed by atoms with van der Waals surface area (Å²) >= 11 is 0. The summed E-state index contributed by atoms with van der Waals surface area (Å²) in [5.41, 5.74) is 11.2. The zero-order valence-corrected chi connectivity index (χ0v) is 13.1. The number of ether oxygens (including phenoxy) is 2. The van der Waals surface area contributed by atoms with Crippen LogP contribution in [0.3, 0.4) is 0 Å². The third-order valence-electron chi connectivity index (χ3n) is 3.73. The first kappa shape index (κ1) is 15.4. The lowest BCUT2D eigenvalue weighted by Crippen LogP contribution is -2.14. The van der Waals surface area contributed by atoms with E-state index in [1.807, 2.05) is 18.2 Å². The van der Waals surface area contributed by atoms with Gasteiger partial charge in [0.1, 0.15) is 0 Å². The molecule has 0 heterocycles. The quantitative estimate of drug-likeness (QED) is 0.913. The average molecular weight is 285 g/mol. The van der Waals surface area contributed by atoms with Gasteiger partial charge in [-0.15, -0.1) is 0 Å². The molecule has 2 aromatic rings. The molecule has 0 aliphatic heterocycles. The van der Waals surface area contributed by atoms with Gasteiger partial charge in [-0.1, -0.05) is 29.8 Å². The first-order chi connectivity index (χ1) is 10.0. The predicted octanol–water partition coefficient (Wildman–Crippen LogP) is 3.56. The van der Waals surface area contributed by atoms with Crippen LogP contribution in [0.25, 0.3) is 0 Å². The van der Waals surface area contributed by atoms with Gasteiger partial charge in [-0.25, -0.2) is 0 Å². The average Bonchev–Trinajstić information content (AvgIpc) is 2.46. The topological polar surface area (TPSA) is 44.5 Å². The van der Waals surface area contributed by atoms with Crippen molar-refractivity contribution < 1.29 is 9.47 Å². The molecule has 0 spiro atoms. The van der Waals surface area contributed by atoms with E-state index in [0.717, 1.165) is 23.5 Å². The first-order valence-electron chi connectivity index (χ1n) is 7.08. The number of rotatable bonds is 5. The largest absolute Gasteiger partial charge is 0.493 e. The molecule has 0 saturated carbocycles. The van der Waals surface area contributed by atoms with E-state index < -0.39 is 0 Å². The molecular weight excluding hydrogens is 262 g/mol. The molecule has 0 aromatic heterocycles. The number of aryl methyl sites for hydroxylation is 2. The van der Waals surface area contributed by atoms with E-state index in [0.29, 0.717) is 0 Å². The van der Waals surface area contributed by atoms with Crippen LogP contribution in [0, 0.1) is 13.8 Å². The maximum absolute atomic E-state index is 6.37. The minimum Gasteiger partial charge on any atom is -0.493 e. The van der Waals surface area contributed by atoms with Crippen molar-refractivity contribution in [3.05, 3.63) is 58.7 Å². The van der Waals surface area contributed by atoms with Gasteiger partial charge in [0.05, 0.1) is 14.2 Å². The van der Waals surface area contributed by atoms with Crippen molar-refractivity contribution in [3.63, 3.8) is 0 Å².